The molecule has 0 unspecified atom stereocenters. The number of H-pyrrole nitrogens is 1. The zero-order valence-corrected chi connectivity index (χ0v) is 19.8. The van der Waals surface area contributed by atoms with E-state index in [9.17, 15) is 9.18 Å². The Hall–Kier alpha value is -4.06. The van der Waals surface area contributed by atoms with Crippen molar-refractivity contribution in [2.75, 3.05) is 20.1 Å². The molecule has 12 heteroatoms. The molecule has 0 atom stereocenters. The van der Waals surface area contributed by atoms with Gasteiger partial charge in [0.1, 0.15) is 17.3 Å². The Morgan fingerprint density at radius 3 is 2.37 bits per heavy atom. The van der Waals surface area contributed by atoms with Crippen LogP contribution in [0.25, 0.3) is 11.3 Å². The fraction of sp³-hybridized carbons (Fsp3) is 0.348. The molecule has 11 nitrogen and oxygen atoms in total. The van der Waals surface area contributed by atoms with Crippen LogP contribution in [-0.2, 0) is 29.1 Å². The highest BCUT2D eigenvalue weighted by Gasteiger charge is 2.20. The molecular formula is C23H29FN6O5. The fourth-order valence-corrected chi connectivity index (χ4v) is 3.30. The van der Waals surface area contributed by atoms with Gasteiger partial charge < -0.3 is 25.0 Å². The lowest BCUT2D eigenvalue weighted by molar-refractivity contribution is -0.135. The Morgan fingerprint density at radius 2 is 1.74 bits per heavy atom. The van der Waals surface area contributed by atoms with Crippen LogP contribution in [0.2, 0.25) is 0 Å². The molecule has 0 fully saturated rings. The van der Waals surface area contributed by atoms with E-state index in [1.807, 2.05) is 10.8 Å². The lowest BCUT2D eigenvalue weighted by Crippen LogP contribution is -2.26. The number of carbonyl (C=O) groups excluding carboxylic acids is 1. The van der Waals surface area contributed by atoms with Gasteiger partial charge in [0.05, 0.1) is 11.9 Å². The highest BCUT2D eigenvalue weighted by atomic mass is 19.1. The normalized spacial score (nSPS) is 12.1. The van der Waals surface area contributed by atoms with Crippen LogP contribution in [0.1, 0.15) is 35.7 Å². The van der Waals surface area contributed by atoms with Crippen molar-refractivity contribution in [2.24, 2.45) is 0 Å². The molecule has 188 valence electrons. The molecule has 4 rings (SSSR count). The summed E-state index contributed by atoms with van der Waals surface area (Å²) in [7, 11) is 1.75. The van der Waals surface area contributed by atoms with Crippen LogP contribution >= 0.6 is 0 Å². The summed E-state index contributed by atoms with van der Waals surface area (Å²) in [5.74, 6) is -1.15. The molecule has 0 saturated carbocycles. The van der Waals surface area contributed by atoms with Crippen molar-refractivity contribution in [2.45, 2.75) is 33.4 Å². The average molecular weight is 489 g/mol. The lowest BCUT2D eigenvalue weighted by Gasteiger charge is -2.16. The largest absolute Gasteiger partial charge is 0.481 e. The molecule has 1 aliphatic rings. The number of carboxylic acid groups (broad SMARTS) is 2. The number of benzene rings is 1. The van der Waals surface area contributed by atoms with Gasteiger partial charge in [0, 0.05) is 70.8 Å². The summed E-state index contributed by atoms with van der Waals surface area (Å²) in [6, 6.07) is 6.19. The van der Waals surface area contributed by atoms with Gasteiger partial charge in [-0.2, -0.15) is 5.10 Å². The predicted octanol–water partition coefficient (Wildman–Crippen LogP) is 2.01. The topological polar surface area (TPSA) is 153 Å². The molecule has 1 aliphatic heterocycles. The second-order valence-corrected chi connectivity index (χ2v) is 7.71. The zero-order valence-electron chi connectivity index (χ0n) is 19.8. The molecule has 3 aromatic rings. The van der Waals surface area contributed by atoms with E-state index >= 15 is 0 Å². The zero-order chi connectivity index (χ0) is 26.0. The van der Waals surface area contributed by atoms with Crippen molar-refractivity contribution < 1.29 is 29.0 Å². The minimum absolute atomic E-state index is 0.130. The molecule has 3 heterocycles. The van der Waals surface area contributed by atoms with E-state index < -0.39 is 11.9 Å². The van der Waals surface area contributed by atoms with Gasteiger partial charge >= 0.3 is 0 Å². The number of hydrogen-bond acceptors (Lipinski definition) is 6. The third-order valence-corrected chi connectivity index (χ3v) is 4.74. The van der Waals surface area contributed by atoms with Crippen LogP contribution in [0.4, 0.5) is 4.39 Å². The van der Waals surface area contributed by atoms with Crippen molar-refractivity contribution in [3.8, 4) is 11.3 Å². The van der Waals surface area contributed by atoms with Gasteiger partial charge in [-0.25, -0.2) is 9.37 Å². The van der Waals surface area contributed by atoms with Crippen LogP contribution in [0.15, 0.2) is 36.7 Å². The van der Waals surface area contributed by atoms with Gasteiger partial charge in [0.25, 0.3) is 17.8 Å². The molecule has 0 saturated heterocycles. The number of aromatic amines is 1. The number of fused-ring (bicyclic) bond motifs is 1. The first kappa shape index (κ1) is 27.2. The van der Waals surface area contributed by atoms with Crippen LogP contribution in [0.5, 0.6) is 0 Å². The number of amides is 1. The Kier molecular flexibility index (Phi) is 10.1. The maximum Gasteiger partial charge on any atom is 0.300 e. The number of carbonyl (C=O) groups is 3. The van der Waals surface area contributed by atoms with E-state index in [2.05, 4.69) is 20.5 Å². The van der Waals surface area contributed by atoms with Crippen molar-refractivity contribution in [1.29, 1.82) is 0 Å². The lowest BCUT2D eigenvalue weighted by atomic mass is 10.1. The Labute approximate surface area is 201 Å². The molecule has 1 amide bonds. The maximum absolute atomic E-state index is 13.2. The fourth-order valence-electron chi connectivity index (χ4n) is 3.30. The van der Waals surface area contributed by atoms with E-state index in [1.54, 1.807) is 30.3 Å². The van der Waals surface area contributed by atoms with Crippen LogP contribution < -0.4 is 5.32 Å². The van der Waals surface area contributed by atoms with Gasteiger partial charge in [0.15, 0.2) is 0 Å². The Balaban J connectivity index is 0.000000473. The standard InChI is InChI=1S/C19H21FN6O.2C2H4O2/c1-25(19(27)16-12-26-9-8-21-7-6-17(26)23-16)11-14-10-22-24-18(14)13-2-4-15(20)5-3-13;2*1-2(3)4/h2-5,10,12,21H,6-9,11H2,1H3,(H,22,24);2*1H3,(H,3,4). The van der Waals surface area contributed by atoms with E-state index in [4.69, 9.17) is 19.8 Å². The second-order valence-electron chi connectivity index (χ2n) is 7.71. The molecule has 0 spiro atoms. The highest BCUT2D eigenvalue weighted by molar-refractivity contribution is 5.92. The first-order chi connectivity index (χ1) is 16.6. The summed E-state index contributed by atoms with van der Waals surface area (Å²) in [4.78, 5) is 37.0. The molecule has 4 N–H and O–H groups in total. The first-order valence-electron chi connectivity index (χ1n) is 10.8. The van der Waals surface area contributed by atoms with Crippen LogP contribution in [-0.4, -0.2) is 72.8 Å². The second kappa shape index (κ2) is 13.0. The van der Waals surface area contributed by atoms with E-state index in [0.29, 0.717) is 12.2 Å². The summed E-state index contributed by atoms with van der Waals surface area (Å²) in [5.41, 5.74) is 2.93. The highest BCUT2D eigenvalue weighted by Crippen LogP contribution is 2.23. The van der Waals surface area contributed by atoms with Gasteiger partial charge in [-0.05, 0) is 24.3 Å². The maximum atomic E-state index is 13.2. The van der Waals surface area contributed by atoms with Gasteiger partial charge in [0.2, 0.25) is 0 Å². The number of nitrogens with one attached hydrogen (secondary N) is 2. The number of hydrogen-bond donors (Lipinski definition) is 4. The summed E-state index contributed by atoms with van der Waals surface area (Å²) < 4.78 is 15.2. The number of carboxylic acids is 2. The summed E-state index contributed by atoms with van der Waals surface area (Å²) in [6.45, 7) is 5.11. The summed E-state index contributed by atoms with van der Waals surface area (Å²) in [6.07, 6.45) is 4.33. The smallest absolute Gasteiger partial charge is 0.300 e. The molecule has 0 aliphatic carbocycles. The Morgan fingerprint density at radius 1 is 1.11 bits per heavy atom. The number of imidazole rings is 1. The number of rotatable bonds is 4. The Bertz CT molecular complexity index is 1100. The number of nitrogens with zero attached hydrogens (tertiary/aromatic N) is 4. The van der Waals surface area contributed by atoms with Crippen molar-refractivity contribution in [1.82, 2.24) is 30.0 Å². The molecule has 35 heavy (non-hydrogen) atoms. The number of aromatic nitrogens is 4. The van der Waals surface area contributed by atoms with Crippen LogP contribution in [0.3, 0.4) is 0 Å². The molecule has 0 bridgehead atoms. The van der Waals surface area contributed by atoms with Crippen molar-refractivity contribution in [3.63, 3.8) is 0 Å². The third kappa shape index (κ3) is 8.66. The minimum Gasteiger partial charge on any atom is -0.481 e. The average Bonchev–Trinajstić information content (AvgIpc) is 3.34. The number of aliphatic carboxylic acids is 2. The van der Waals surface area contributed by atoms with E-state index in [-0.39, 0.29) is 11.7 Å². The molecule has 0 radical (unpaired) electrons. The van der Waals surface area contributed by atoms with Crippen LogP contribution in [0, 0.1) is 5.82 Å². The molecule has 1 aromatic carbocycles. The monoisotopic (exact) mass is 488 g/mol. The third-order valence-electron chi connectivity index (χ3n) is 4.74. The first-order valence-corrected chi connectivity index (χ1v) is 10.8. The number of halogens is 1. The van der Waals surface area contributed by atoms with E-state index in [0.717, 1.165) is 62.5 Å². The summed E-state index contributed by atoms with van der Waals surface area (Å²) in [5, 5.41) is 25.2. The molecule has 2 aromatic heterocycles. The van der Waals surface area contributed by atoms with Gasteiger partial charge in [-0.1, -0.05) is 0 Å². The van der Waals surface area contributed by atoms with Gasteiger partial charge in [-0.3, -0.25) is 19.5 Å². The van der Waals surface area contributed by atoms with Crippen molar-refractivity contribution in [3.05, 3.63) is 59.6 Å². The van der Waals surface area contributed by atoms with E-state index in [1.165, 1.54) is 12.1 Å². The SMILES string of the molecule is CC(=O)O.CC(=O)O.CN(Cc1cn[nH]c1-c1ccc(F)cc1)C(=O)c1cn2c(n1)CCNCC2. The quantitative estimate of drug-likeness (QED) is 0.435. The minimum atomic E-state index is -0.833. The van der Waals surface area contributed by atoms with Crippen molar-refractivity contribution >= 4 is 17.8 Å². The summed E-state index contributed by atoms with van der Waals surface area (Å²) >= 11 is 0. The van der Waals surface area contributed by atoms with Gasteiger partial charge in [-0.15, -0.1) is 0 Å². The predicted molar refractivity (Wildman–Crippen MR) is 125 cm³/mol. The molecular weight excluding hydrogens is 459 g/mol.